The fourth-order valence-electron chi connectivity index (χ4n) is 4.63. The summed E-state index contributed by atoms with van der Waals surface area (Å²) >= 11 is 0. The lowest BCUT2D eigenvalue weighted by Crippen LogP contribution is -2.12. The number of aryl methyl sites for hydroxylation is 1. The van der Waals surface area contributed by atoms with E-state index >= 15 is 0 Å². The monoisotopic (exact) mass is 420 g/mol. The zero-order valence-electron chi connectivity index (χ0n) is 17.8. The number of benzene rings is 3. The van der Waals surface area contributed by atoms with Gasteiger partial charge in [-0.15, -0.1) is 6.58 Å². The molecule has 1 saturated carbocycles. The van der Waals surface area contributed by atoms with E-state index in [1.54, 1.807) is 37.3 Å². The average Bonchev–Trinajstić information content (AvgIpc) is 2.81. The first kappa shape index (κ1) is 21.4. The van der Waals surface area contributed by atoms with Crippen LogP contribution in [-0.4, -0.2) is 0 Å². The van der Waals surface area contributed by atoms with E-state index in [4.69, 9.17) is 0 Å². The normalized spacial score (nSPS) is 18.7. The first-order valence-corrected chi connectivity index (χ1v) is 11.0. The first-order chi connectivity index (χ1) is 15.0. The summed E-state index contributed by atoms with van der Waals surface area (Å²) in [6.07, 6.45) is 6.55. The van der Waals surface area contributed by atoms with Crippen molar-refractivity contribution in [2.45, 2.75) is 44.9 Å². The molecule has 3 aromatic carbocycles. The molecule has 0 nitrogen and oxygen atoms in total. The lowest BCUT2D eigenvalue weighted by Gasteiger charge is -2.27. The molecule has 3 aromatic rings. The Hall–Kier alpha value is -2.81. The molecule has 0 saturated heterocycles. The molecular weight excluding hydrogens is 393 g/mol. The Balaban J connectivity index is 1.55. The van der Waals surface area contributed by atoms with E-state index in [9.17, 15) is 13.2 Å². The Bertz CT molecular complexity index is 1070. The van der Waals surface area contributed by atoms with Crippen LogP contribution in [0.3, 0.4) is 0 Å². The van der Waals surface area contributed by atoms with E-state index in [-0.39, 0.29) is 17.3 Å². The molecule has 1 aliphatic rings. The van der Waals surface area contributed by atoms with E-state index in [1.165, 1.54) is 0 Å². The fraction of sp³-hybridized carbons (Fsp3) is 0.286. The number of hydrogen-bond acceptors (Lipinski definition) is 0. The van der Waals surface area contributed by atoms with Crippen molar-refractivity contribution >= 4 is 0 Å². The van der Waals surface area contributed by atoms with Crippen molar-refractivity contribution in [2.24, 2.45) is 5.92 Å². The van der Waals surface area contributed by atoms with Crippen LogP contribution in [0.15, 0.2) is 67.3 Å². The number of allylic oxidation sites excluding steroid dienone is 1. The predicted octanol–water partition coefficient (Wildman–Crippen LogP) is 8.46. The van der Waals surface area contributed by atoms with Crippen molar-refractivity contribution in [1.29, 1.82) is 0 Å². The molecule has 0 spiro atoms. The van der Waals surface area contributed by atoms with Crippen LogP contribution in [0, 0.1) is 23.4 Å². The number of halogens is 3. The highest BCUT2D eigenvalue weighted by molar-refractivity contribution is 5.71. The minimum Gasteiger partial charge on any atom is -0.207 e. The Morgan fingerprint density at radius 1 is 0.806 bits per heavy atom. The smallest absolute Gasteiger partial charge is 0.166 e. The lowest BCUT2D eigenvalue weighted by molar-refractivity contribution is 0.369. The summed E-state index contributed by atoms with van der Waals surface area (Å²) in [5, 5.41) is 0. The minimum atomic E-state index is -0.825. The maximum atomic E-state index is 14.9. The summed E-state index contributed by atoms with van der Waals surface area (Å²) in [6.45, 7) is 5.67. The number of hydrogen-bond donors (Lipinski definition) is 0. The second-order valence-electron chi connectivity index (χ2n) is 8.41. The molecule has 0 unspecified atom stereocenters. The van der Waals surface area contributed by atoms with Crippen molar-refractivity contribution < 1.29 is 13.2 Å². The molecule has 0 N–H and O–H groups in total. The molecule has 0 heterocycles. The van der Waals surface area contributed by atoms with Gasteiger partial charge in [0.2, 0.25) is 0 Å². The zero-order valence-corrected chi connectivity index (χ0v) is 17.8. The summed E-state index contributed by atoms with van der Waals surface area (Å²) < 4.78 is 43.5. The molecule has 0 aromatic heterocycles. The van der Waals surface area contributed by atoms with Gasteiger partial charge >= 0.3 is 0 Å². The highest BCUT2D eigenvalue weighted by Crippen LogP contribution is 2.38. The van der Waals surface area contributed by atoms with Gasteiger partial charge in [0.25, 0.3) is 0 Å². The van der Waals surface area contributed by atoms with Crippen molar-refractivity contribution in [3.05, 3.63) is 95.8 Å². The van der Waals surface area contributed by atoms with E-state index in [2.05, 4.69) is 6.58 Å². The fourth-order valence-corrected chi connectivity index (χ4v) is 4.63. The molecule has 1 fully saturated rings. The van der Waals surface area contributed by atoms with Gasteiger partial charge in [0.15, 0.2) is 11.6 Å². The van der Waals surface area contributed by atoms with Crippen LogP contribution < -0.4 is 0 Å². The Morgan fingerprint density at radius 3 is 2.06 bits per heavy atom. The summed E-state index contributed by atoms with van der Waals surface area (Å²) in [4.78, 5) is 0. The second-order valence-corrected chi connectivity index (χ2v) is 8.41. The topological polar surface area (TPSA) is 0 Å². The molecule has 0 atom stereocenters. The highest BCUT2D eigenvalue weighted by atomic mass is 19.2. The molecular formula is C28H27F3. The summed E-state index contributed by atoms with van der Waals surface area (Å²) in [7, 11) is 0. The van der Waals surface area contributed by atoms with Gasteiger partial charge in [0.05, 0.1) is 0 Å². The zero-order chi connectivity index (χ0) is 22.0. The third-order valence-corrected chi connectivity index (χ3v) is 6.62. The van der Waals surface area contributed by atoms with Crippen molar-refractivity contribution in [2.75, 3.05) is 0 Å². The summed E-state index contributed by atoms with van der Waals surface area (Å²) in [6, 6.07) is 15.8. The van der Waals surface area contributed by atoms with Gasteiger partial charge in [0, 0.05) is 5.56 Å². The Morgan fingerprint density at radius 2 is 1.45 bits per heavy atom. The summed E-state index contributed by atoms with van der Waals surface area (Å²) in [5.74, 6) is -0.977. The van der Waals surface area contributed by atoms with Gasteiger partial charge in [-0.25, -0.2) is 13.2 Å². The van der Waals surface area contributed by atoms with Gasteiger partial charge in [0.1, 0.15) is 5.82 Å². The molecule has 0 amide bonds. The van der Waals surface area contributed by atoms with Crippen LogP contribution in [0.25, 0.3) is 22.3 Å². The second kappa shape index (κ2) is 9.13. The maximum Gasteiger partial charge on any atom is 0.166 e. The maximum absolute atomic E-state index is 14.9. The molecule has 160 valence electrons. The van der Waals surface area contributed by atoms with Crippen LogP contribution in [0.2, 0.25) is 0 Å². The number of rotatable bonds is 5. The lowest BCUT2D eigenvalue weighted by atomic mass is 9.78. The van der Waals surface area contributed by atoms with Gasteiger partial charge in [-0.2, -0.15) is 0 Å². The third kappa shape index (κ3) is 4.32. The molecule has 4 rings (SSSR count). The van der Waals surface area contributed by atoms with Gasteiger partial charge in [-0.05, 0) is 77.8 Å². The van der Waals surface area contributed by atoms with Crippen molar-refractivity contribution in [3.8, 4) is 22.3 Å². The average molecular weight is 421 g/mol. The van der Waals surface area contributed by atoms with E-state index in [0.29, 0.717) is 23.5 Å². The van der Waals surface area contributed by atoms with Crippen molar-refractivity contribution in [1.82, 2.24) is 0 Å². The SMILES string of the molecule is C=CC1CCC(c2ccc(-c3ccc(-c4ccc(CC)c(F)c4F)cc3)cc2F)CC1. The minimum absolute atomic E-state index is 0.174. The van der Waals surface area contributed by atoms with Crippen LogP contribution in [0.1, 0.15) is 49.7 Å². The van der Waals surface area contributed by atoms with E-state index in [1.807, 2.05) is 30.3 Å². The largest absolute Gasteiger partial charge is 0.207 e. The molecule has 31 heavy (non-hydrogen) atoms. The standard InChI is InChI=1S/C28H27F3/c1-3-18-5-7-21(8-6-18)24-15-14-23(17-26(24)29)20-9-11-22(12-10-20)25-16-13-19(4-2)27(30)28(25)31/h3,9-18,21H,1,4-8H2,2H3. The first-order valence-electron chi connectivity index (χ1n) is 11.0. The molecule has 3 heteroatoms. The highest BCUT2D eigenvalue weighted by Gasteiger charge is 2.23. The Kier molecular flexibility index (Phi) is 6.31. The molecule has 0 bridgehead atoms. The summed E-state index contributed by atoms with van der Waals surface area (Å²) in [5.41, 5.74) is 3.61. The Labute approximate surface area is 182 Å². The molecule has 1 aliphatic carbocycles. The van der Waals surface area contributed by atoms with Crippen LogP contribution in [0.4, 0.5) is 13.2 Å². The van der Waals surface area contributed by atoms with Gasteiger partial charge < -0.3 is 0 Å². The predicted molar refractivity (Wildman–Crippen MR) is 121 cm³/mol. The van der Waals surface area contributed by atoms with Gasteiger partial charge in [-0.3, -0.25) is 0 Å². The van der Waals surface area contributed by atoms with Gasteiger partial charge in [-0.1, -0.05) is 61.5 Å². The third-order valence-electron chi connectivity index (χ3n) is 6.62. The van der Waals surface area contributed by atoms with E-state index in [0.717, 1.165) is 42.4 Å². The molecule has 0 aliphatic heterocycles. The van der Waals surface area contributed by atoms with Crippen molar-refractivity contribution in [3.63, 3.8) is 0 Å². The van der Waals surface area contributed by atoms with E-state index < -0.39 is 11.6 Å². The molecule has 0 radical (unpaired) electrons. The van der Waals surface area contributed by atoms with Crippen LogP contribution in [0.5, 0.6) is 0 Å². The van der Waals surface area contributed by atoms with Crippen LogP contribution in [-0.2, 0) is 6.42 Å². The quantitative estimate of drug-likeness (QED) is 0.363. The van der Waals surface area contributed by atoms with Crippen LogP contribution >= 0.6 is 0 Å².